The molecule has 1 aromatic rings. The molecule has 0 N–H and O–H groups in total. The van der Waals surface area contributed by atoms with Crippen molar-refractivity contribution in [1.29, 1.82) is 0 Å². The van der Waals surface area contributed by atoms with E-state index >= 15 is 0 Å². The molecule has 2 fully saturated rings. The van der Waals surface area contributed by atoms with Crippen molar-refractivity contribution in [1.82, 2.24) is 9.80 Å². The molecule has 0 saturated carbocycles. The average molecular weight is 347 g/mol. The lowest BCUT2D eigenvalue weighted by Crippen LogP contribution is -2.50. The van der Waals surface area contributed by atoms with E-state index in [1.807, 2.05) is 15.9 Å². The van der Waals surface area contributed by atoms with Crippen LogP contribution in [-0.2, 0) is 9.59 Å². The Morgan fingerprint density at radius 2 is 1.72 bits per heavy atom. The molecule has 2 saturated heterocycles. The van der Waals surface area contributed by atoms with Crippen molar-refractivity contribution in [3.05, 3.63) is 30.1 Å². The quantitative estimate of drug-likeness (QED) is 0.787. The van der Waals surface area contributed by atoms with Crippen LogP contribution >= 0.6 is 0 Å². The van der Waals surface area contributed by atoms with Gasteiger partial charge in [-0.25, -0.2) is 4.39 Å². The summed E-state index contributed by atoms with van der Waals surface area (Å²) in [5.41, 5.74) is 0.577. The van der Waals surface area contributed by atoms with Gasteiger partial charge in [-0.15, -0.1) is 0 Å². The Labute approximate surface area is 148 Å². The molecule has 2 aliphatic heterocycles. The van der Waals surface area contributed by atoms with E-state index in [2.05, 4.69) is 6.92 Å². The summed E-state index contributed by atoms with van der Waals surface area (Å²) in [5, 5.41) is 0. The molecule has 2 heterocycles. The molecule has 0 aliphatic carbocycles. The zero-order valence-electron chi connectivity index (χ0n) is 14.8. The number of nitrogens with zero attached hydrogens (tertiary/aromatic N) is 3. The van der Waals surface area contributed by atoms with Gasteiger partial charge in [0.2, 0.25) is 11.8 Å². The molecule has 136 valence electrons. The van der Waals surface area contributed by atoms with Gasteiger partial charge in [0, 0.05) is 39.3 Å². The minimum Gasteiger partial charge on any atom is -0.366 e. The highest BCUT2D eigenvalue weighted by atomic mass is 19.1. The highest BCUT2D eigenvalue weighted by Gasteiger charge is 2.27. The second-order valence-corrected chi connectivity index (χ2v) is 7.08. The largest absolute Gasteiger partial charge is 0.366 e. The summed E-state index contributed by atoms with van der Waals surface area (Å²) in [6.45, 7) is 5.88. The molecule has 0 aromatic heterocycles. The van der Waals surface area contributed by atoms with Crippen LogP contribution < -0.4 is 4.90 Å². The van der Waals surface area contributed by atoms with Crippen LogP contribution in [0.2, 0.25) is 0 Å². The van der Waals surface area contributed by atoms with Crippen LogP contribution in [0.1, 0.15) is 26.2 Å². The number of hydrogen-bond donors (Lipinski definition) is 0. The molecule has 1 aromatic carbocycles. The molecule has 0 radical (unpaired) electrons. The van der Waals surface area contributed by atoms with Gasteiger partial charge in [-0.05, 0) is 30.9 Å². The van der Waals surface area contributed by atoms with Gasteiger partial charge in [-0.2, -0.15) is 0 Å². The first kappa shape index (κ1) is 17.7. The van der Waals surface area contributed by atoms with Crippen LogP contribution in [0, 0.1) is 11.7 Å². The lowest BCUT2D eigenvalue weighted by atomic mass is 10.00. The Morgan fingerprint density at radius 1 is 1.04 bits per heavy atom. The molecule has 5 nitrogen and oxygen atoms in total. The molecule has 6 heteroatoms. The number of likely N-dealkylation sites (tertiary alicyclic amines) is 1. The highest BCUT2D eigenvalue weighted by Crippen LogP contribution is 2.21. The molecule has 2 aliphatic rings. The van der Waals surface area contributed by atoms with Crippen molar-refractivity contribution in [2.24, 2.45) is 5.92 Å². The zero-order chi connectivity index (χ0) is 17.8. The van der Waals surface area contributed by atoms with E-state index in [1.54, 1.807) is 17.0 Å². The molecule has 0 bridgehead atoms. The Kier molecular flexibility index (Phi) is 5.56. The molecule has 3 rings (SSSR count). The molecule has 1 unspecified atom stereocenters. The van der Waals surface area contributed by atoms with Gasteiger partial charge in [-0.1, -0.05) is 19.1 Å². The maximum Gasteiger partial charge on any atom is 0.232 e. The number of carbonyl (C=O) groups excluding carboxylic acids is 2. The lowest BCUT2D eigenvalue weighted by molar-refractivity contribution is -0.141. The molecular weight excluding hydrogens is 321 g/mol. The highest BCUT2D eigenvalue weighted by molar-refractivity contribution is 5.97. The summed E-state index contributed by atoms with van der Waals surface area (Å²) in [7, 11) is 0. The topological polar surface area (TPSA) is 43.9 Å². The van der Waals surface area contributed by atoms with Crippen LogP contribution in [0.3, 0.4) is 0 Å². The van der Waals surface area contributed by atoms with E-state index in [9.17, 15) is 14.0 Å². The number of amides is 2. The number of piperazine rings is 1. The van der Waals surface area contributed by atoms with Gasteiger partial charge in [0.1, 0.15) is 12.2 Å². The van der Waals surface area contributed by atoms with Gasteiger partial charge in [0.05, 0.1) is 5.69 Å². The van der Waals surface area contributed by atoms with Crippen molar-refractivity contribution in [2.75, 3.05) is 44.2 Å². The first-order valence-electron chi connectivity index (χ1n) is 9.09. The summed E-state index contributed by atoms with van der Waals surface area (Å²) in [5.74, 6) is 0.0956. The van der Waals surface area contributed by atoms with E-state index in [-0.39, 0.29) is 24.1 Å². The summed E-state index contributed by atoms with van der Waals surface area (Å²) in [6, 6.07) is 6.69. The number of anilines is 1. The van der Waals surface area contributed by atoms with Crippen LogP contribution in [-0.4, -0.2) is 60.9 Å². The van der Waals surface area contributed by atoms with Gasteiger partial charge < -0.3 is 14.7 Å². The first-order valence-corrected chi connectivity index (χ1v) is 9.09. The molecule has 0 spiro atoms. The van der Waals surface area contributed by atoms with Crippen molar-refractivity contribution < 1.29 is 14.0 Å². The third-order valence-electron chi connectivity index (χ3n) is 5.14. The van der Waals surface area contributed by atoms with Crippen LogP contribution in [0.15, 0.2) is 24.3 Å². The van der Waals surface area contributed by atoms with Gasteiger partial charge in [0.25, 0.3) is 0 Å². The summed E-state index contributed by atoms with van der Waals surface area (Å²) in [4.78, 5) is 30.3. The monoisotopic (exact) mass is 347 g/mol. The minimum atomic E-state index is -0.239. The van der Waals surface area contributed by atoms with Crippen LogP contribution in [0.25, 0.3) is 0 Å². The normalized spacial score (nSPS) is 21.4. The van der Waals surface area contributed by atoms with E-state index in [0.29, 0.717) is 37.8 Å². The van der Waals surface area contributed by atoms with Crippen molar-refractivity contribution >= 4 is 17.5 Å². The summed E-state index contributed by atoms with van der Waals surface area (Å²) in [6.07, 6.45) is 2.12. The smallest absolute Gasteiger partial charge is 0.232 e. The van der Waals surface area contributed by atoms with Gasteiger partial charge in [-0.3, -0.25) is 9.59 Å². The minimum absolute atomic E-state index is 0.0492. The number of rotatable bonds is 3. The standard InChI is InChI=1S/C19H26FN3O2/c1-15-5-4-8-23(14-15)19(25)13-18(24)22-11-9-21(10-12-22)17-7-3-2-6-16(17)20/h2-3,6-7,15H,4-5,8-14H2,1H3. The Morgan fingerprint density at radius 3 is 2.40 bits per heavy atom. The van der Waals surface area contributed by atoms with Gasteiger partial charge in [0.15, 0.2) is 0 Å². The first-order chi connectivity index (χ1) is 12.0. The SMILES string of the molecule is CC1CCCN(C(=O)CC(=O)N2CCN(c3ccccc3F)CC2)C1. The maximum atomic E-state index is 13.9. The third kappa shape index (κ3) is 4.30. The summed E-state index contributed by atoms with van der Waals surface area (Å²) < 4.78 is 13.9. The van der Waals surface area contributed by atoms with Crippen molar-refractivity contribution in [3.8, 4) is 0 Å². The predicted molar refractivity (Wildman–Crippen MR) is 94.8 cm³/mol. The lowest BCUT2D eigenvalue weighted by Gasteiger charge is -2.37. The second kappa shape index (κ2) is 7.85. The molecule has 2 amide bonds. The fourth-order valence-corrected chi connectivity index (χ4v) is 3.67. The summed E-state index contributed by atoms with van der Waals surface area (Å²) >= 11 is 0. The second-order valence-electron chi connectivity index (χ2n) is 7.08. The zero-order valence-corrected chi connectivity index (χ0v) is 14.8. The van der Waals surface area contributed by atoms with E-state index < -0.39 is 0 Å². The Balaban J connectivity index is 1.50. The van der Waals surface area contributed by atoms with Crippen molar-refractivity contribution in [2.45, 2.75) is 26.2 Å². The van der Waals surface area contributed by atoms with Crippen LogP contribution in [0.4, 0.5) is 10.1 Å². The number of para-hydroxylation sites is 1. The van der Waals surface area contributed by atoms with Crippen molar-refractivity contribution in [3.63, 3.8) is 0 Å². The third-order valence-corrected chi connectivity index (χ3v) is 5.14. The molecular formula is C19H26FN3O2. The van der Waals surface area contributed by atoms with E-state index in [0.717, 1.165) is 25.9 Å². The van der Waals surface area contributed by atoms with E-state index in [4.69, 9.17) is 0 Å². The van der Waals surface area contributed by atoms with Crippen LogP contribution in [0.5, 0.6) is 0 Å². The molecule has 25 heavy (non-hydrogen) atoms. The maximum absolute atomic E-state index is 13.9. The number of halogens is 1. The average Bonchev–Trinajstić information content (AvgIpc) is 2.62. The molecule has 1 atom stereocenters. The number of piperidine rings is 1. The fourth-order valence-electron chi connectivity index (χ4n) is 3.67. The number of carbonyl (C=O) groups is 2. The Bertz CT molecular complexity index is 629. The number of hydrogen-bond acceptors (Lipinski definition) is 3. The Hall–Kier alpha value is -2.11. The van der Waals surface area contributed by atoms with Gasteiger partial charge >= 0.3 is 0 Å². The number of benzene rings is 1. The fraction of sp³-hybridized carbons (Fsp3) is 0.579. The predicted octanol–water partition coefficient (Wildman–Crippen LogP) is 2.12. The van der Waals surface area contributed by atoms with E-state index in [1.165, 1.54) is 6.07 Å².